The summed E-state index contributed by atoms with van der Waals surface area (Å²) < 4.78 is 0. The number of nitrogens with zero attached hydrogens (tertiary/aromatic N) is 3. The molecule has 0 fully saturated rings. The lowest BCUT2D eigenvalue weighted by Crippen LogP contribution is -2.32. The fraction of sp³-hybridized carbons (Fsp3) is 0.357. The van der Waals surface area contributed by atoms with Crippen LogP contribution < -0.4 is 0 Å². The molecular formula is C14H15N3O2. The Morgan fingerprint density at radius 2 is 2.37 bits per heavy atom. The molecule has 0 radical (unpaired) electrons. The summed E-state index contributed by atoms with van der Waals surface area (Å²) in [5, 5.41) is 17.3. The van der Waals surface area contributed by atoms with Crippen molar-refractivity contribution in [3.63, 3.8) is 0 Å². The van der Waals surface area contributed by atoms with Gasteiger partial charge in [-0.25, -0.2) is 4.98 Å². The summed E-state index contributed by atoms with van der Waals surface area (Å²) in [5.74, 6) is 4.96. The van der Waals surface area contributed by atoms with E-state index in [-0.39, 0.29) is 24.6 Å². The molecule has 1 aromatic rings. The second-order valence-corrected chi connectivity index (χ2v) is 3.65. The van der Waals surface area contributed by atoms with Crippen LogP contribution in [0.3, 0.4) is 0 Å². The van der Waals surface area contributed by atoms with E-state index in [2.05, 4.69) is 16.8 Å². The van der Waals surface area contributed by atoms with Crippen LogP contribution in [0.2, 0.25) is 0 Å². The second-order valence-electron chi connectivity index (χ2n) is 3.65. The Bertz CT molecular complexity index is 538. The molecule has 5 nitrogen and oxygen atoms in total. The average Bonchev–Trinajstić information content (AvgIpc) is 2.46. The molecule has 0 aliphatic heterocycles. The number of aliphatic hydroxyl groups excluding tert-OH is 1. The first-order valence-electron chi connectivity index (χ1n) is 5.95. The minimum Gasteiger partial charge on any atom is -0.384 e. The van der Waals surface area contributed by atoms with E-state index >= 15 is 0 Å². The van der Waals surface area contributed by atoms with Crippen LogP contribution >= 0.6 is 0 Å². The average molecular weight is 257 g/mol. The van der Waals surface area contributed by atoms with Crippen LogP contribution in [0, 0.1) is 23.2 Å². The van der Waals surface area contributed by atoms with E-state index < -0.39 is 0 Å². The summed E-state index contributed by atoms with van der Waals surface area (Å²) in [7, 11) is 0. The number of pyridine rings is 1. The van der Waals surface area contributed by atoms with E-state index in [9.17, 15) is 4.79 Å². The highest BCUT2D eigenvalue weighted by molar-refractivity contribution is 5.94. The fourth-order valence-electron chi connectivity index (χ4n) is 1.55. The molecule has 1 N–H and O–H groups in total. The maximum Gasteiger partial charge on any atom is 0.273 e. The molecule has 0 bridgehead atoms. The minimum atomic E-state index is -0.269. The minimum absolute atomic E-state index is 0.249. The molecule has 0 spiro atoms. The van der Waals surface area contributed by atoms with E-state index in [1.54, 1.807) is 17.0 Å². The predicted molar refractivity (Wildman–Crippen MR) is 70.0 cm³/mol. The Labute approximate surface area is 112 Å². The monoisotopic (exact) mass is 257 g/mol. The van der Waals surface area contributed by atoms with Crippen LogP contribution in [0.25, 0.3) is 0 Å². The molecule has 1 amide bonds. The van der Waals surface area contributed by atoms with Gasteiger partial charge in [0.2, 0.25) is 0 Å². The number of carbonyl (C=O) groups excluding carboxylic acids is 1. The number of nitriles is 1. The molecule has 1 rings (SSSR count). The Morgan fingerprint density at radius 3 is 3.00 bits per heavy atom. The van der Waals surface area contributed by atoms with Gasteiger partial charge in [0.05, 0.1) is 18.1 Å². The van der Waals surface area contributed by atoms with Gasteiger partial charge in [-0.2, -0.15) is 5.26 Å². The molecule has 0 saturated carbocycles. The zero-order valence-corrected chi connectivity index (χ0v) is 10.8. The fourth-order valence-corrected chi connectivity index (χ4v) is 1.55. The third-order valence-electron chi connectivity index (χ3n) is 2.47. The van der Waals surface area contributed by atoms with Crippen LogP contribution in [-0.4, -0.2) is 40.6 Å². The highest BCUT2D eigenvalue weighted by Crippen LogP contribution is 2.08. The van der Waals surface area contributed by atoms with Gasteiger partial charge in [0.1, 0.15) is 12.3 Å². The SMILES string of the molecule is CCN(CCC#N)C(=O)c1ncccc1C#CCO. The molecule has 0 unspecified atom stereocenters. The number of hydrogen-bond donors (Lipinski definition) is 1. The molecule has 5 heteroatoms. The zero-order chi connectivity index (χ0) is 14.1. The Kier molecular flexibility index (Phi) is 6.08. The normalized spacial score (nSPS) is 9.11. The van der Waals surface area contributed by atoms with Crippen molar-refractivity contribution in [1.29, 1.82) is 5.26 Å². The van der Waals surface area contributed by atoms with Crippen molar-refractivity contribution in [1.82, 2.24) is 9.88 Å². The van der Waals surface area contributed by atoms with Crippen molar-refractivity contribution in [2.45, 2.75) is 13.3 Å². The van der Waals surface area contributed by atoms with Crippen molar-refractivity contribution in [2.75, 3.05) is 19.7 Å². The van der Waals surface area contributed by atoms with E-state index in [1.165, 1.54) is 6.20 Å². The second kappa shape index (κ2) is 7.86. The smallest absolute Gasteiger partial charge is 0.273 e. The van der Waals surface area contributed by atoms with E-state index in [1.807, 2.05) is 13.0 Å². The molecule has 0 aromatic carbocycles. The summed E-state index contributed by atoms with van der Waals surface area (Å²) in [6.45, 7) is 2.45. The van der Waals surface area contributed by atoms with Crippen LogP contribution in [-0.2, 0) is 0 Å². The maximum atomic E-state index is 12.3. The standard InChI is InChI=1S/C14H15N3O2/c1-2-17(10-5-8-15)14(19)13-12(7-4-11-18)6-3-9-16-13/h3,6,9,18H,2,5,10-11H2,1H3. The number of aromatic nitrogens is 1. The van der Waals surface area contributed by atoms with Gasteiger partial charge in [-0.1, -0.05) is 11.8 Å². The Hall–Kier alpha value is -2.37. The highest BCUT2D eigenvalue weighted by atomic mass is 16.2. The summed E-state index contributed by atoms with van der Waals surface area (Å²) in [5.41, 5.74) is 0.736. The molecular weight excluding hydrogens is 242 g/mol. The number of aliphatic hydroxyl groups is 1. The molecule has 0 atom stereocenters. The van der Waals surface area contributed by atoms with Crippen LogP contribution in [0.4, 0.5) is 0 Å². The summed E-state index contributed by atoms with van der Waals surface area (Å²) in [6.07, 6.45) is 1.81. The summed E-state index contributed by atoms with van der Waals surface area (Å²) in [4.78, 5) is 17.9. The van der Waals surface area contributed by atoms with Crippen LogP contribution in [0.15, 0.2) is 18.3 Å². The van der Waals surface area contributed by atoms with Gasteiger partial charge >= 0.3 is 0 Å². The molecule has 0 saturated heterocycles. The highest BCUT2D eigenvalue weighted by Gasteiger charge is 2.17. The molecule has 1 aromatic heterocycles. The number of hydrogen-bond acceptors (Lipinski definition) is 4. The third kappa shape index (κ3) is 4.09. The van der Waals surface area contributed by atoms with Crippen LogP contribution in [0.1, 0.15) is 29.4 Å². The maximum absolute atomic E-state index is 12.3. The van der Waals surface area contributed by atoms with E-state index in [0.717, 1.165) is 0 Å². The predicted octanol–water partition coefficient (Wildman–Crippen LogP) is 0.801. The Balaban J connectivity index is 3.01. The van der Waals surface area contributed by atoms with Crippen molar-refractivity contribution in [3.8, 4) is 17.9 Å². The number of carbonyl (C=O) groups is 1. The van der Waals surface area contributed by atoms with E-state index in [0.29, 0.717) is 18.7 Å². The third-order valence-corrected chi connectivity index (χ3v) is 2.47. The van der Waals surface area contributed by atoms with Crippen molar-refractivity contribution in [2.24, 2.45) is 0 Å². The first-order chi connectivity index (χ1) is 9.24. The van der Waals surface area contributed by atoms with Gasteiger partial charge in [0.15, 0.2) is 0 Å². The van der Waals surface area contributed by atoms with Gasteiger partial charge in [-0.15, -0.1) is 0 Å². The first kappa shape index (κ1) is 14.7. The summed E-state index contributed by atoms with van der Waals surface area (Å²) in [6, 6.07) is 5.38. The number of rotatable bonds is 4. The van der Waals surface area contributed by atoms with Crippen molar-refractivity contribution < 1.29 is 9.90 Å². The van der Waals surface area contributed by atoms with Crippen molar-refractivity contribution >= 4 is 5.91 Å². The molecule has 98 valence electrons. The molecule has 0 aliphatic carbocycles. The van der Waals surface area contributed by atoms with Gasteiger partial charge in [-0.05, 0) is 19.1 Å². The van der Waals surface area contributed by atoms with Crippen LogP contribution in [0.5, 0.6) is 0 Å². The van der Waals surface area contributed by atoms with Gasteiger partial charge < -0.3 is 10.0 Å². The van der Waals surface area contributed by atoms with Gasteiger partial charge in [0, 0.05) is 19.3 Å². The lowest BCUT2D eigenvalue weighted by molar-refractivity contribution is 0.0761. The molecule has 0 aliphatic rings. The lowest BCUT2D eigenvalue weighted by Gasteiger charge is -2.19. The first-order valence-corrected chi connectivity index (χ1v) is 5.95. The molecule has 19 heavy (non-hydrogen) atoms. The largest absolute Gasteiger partial charge is 0.384 e. The van der Waals surface area contributed by atoms with Gasteiger partial charge in [-0.3, -0.25) is 4.79 Å². The topological polar surface area (TPSA) is 77.2 Å². The lowest BCUT2D eigenvalue weighted by atomic mass is 10.1. The summed E-state index contributed by atoms with van der Waals surface area (Å²) >= 11 is 0. The zero-order valence-electron chi connectivity index (χ0n) is 10.8. The van der Waals surface area contributed by atoms with Crippen molar-refractivity contribution in [3.05, 3.63) is 29.6 Å². The Morgan fingerprint density at radius 1 is 1.58 bits per heavy atom. The molecule has 1 heterocycles. The van der Waals surface area contributed by atoms with Gasteiger partial charge in [0.25, 0.3) is 5.91 Å². The number of amides is 1. The van der Waals surface area contributed by atoms with E-state index in [4.69, 9.17) is 10.4 Å². The quantitative estimate of drug-likeness (QED) is 0.809.